The molecule has 8 heteroatoms. The molecule has 2 fully saturated rings. The molecule has 172 valence electrons. The third-order valence-corrected chi connectivity index (χ3v) is 5.93. The van der Waals surface area contributed by atoms with E-state index in [4.69, 9.17) is 20.2 Å². The van der Waals surface area contributed by atoms with Crippen molar-refractivity contribution in [1.29, 1.82) is 0 Å². The molecule has 1 aliphatic carbocycles. The fourth-order valence-corrected chi connectivity index (χ4v) is 4.29. The first-order chi connectivity index (χ1) is 15.1. The summed E-state index contributed by atoms with van der Waals surface area (Å²) in [5.74, 6) is 2.11. The summed E-state index contributed by atoms with van der Waals surface area (Å²) in [7, 11) is 1.68. The van der Waals surface area contributed by atoms with Gasteiger partial charge in [-0.15, -0.1) is 0 Å². The maximum atomic E-state index is 11.1. The normalized spacial score (nSPS) is 18.7. The van der Waals surface area contributed by atoms with E-state index in [1.165, 1.54) is 12.8 Å². The number of nitrogens with one attached hydrogen (secondary N) is 2. The molecule has 0 atom stereocenters. The minimum absolute atomic E-state index is 0.260. The molecule has 1 saturated carbocycles. The van der Waals surface area contributed by atoms with Gasteiger partial charge in [0.1, 0.15) is 0 Å². The predicted octanol–water partition coefficient (Wildman–Crippen LogP) is 2.02. The molecule has 0 bridgehead atoms. The molecule has 0 radical (unpaired) electrons. The van der Waals surface area contributed by atoms with E-state index >= 15 is 0 Å². The molecular weight excluding hydrogens is 394 g/mol. The van der Waals surface area contributed by atoms with Gasteiger partial charge in [0.15, 0.2) is 17.5 Å². The standard InChI is InChI=1S/C23H37N5O3/c1-3-25-23(27-18-11-13-28(14-12-18)16-21(24)29)26-15-17-7-6-10-20(30-2)22(17)31-19-8-4-5-9-19/h6-7,10,18-19H,3-5,8-9,11-16H2,1-2H3,(H2,24,29)(H2,25,26,27). The summed E-state index contributed by atoms with van der Waals surface area (Å²) in [4.78, 5) is 18.1. The summed E-state index contributed by atoms with van der Waals surface area (Å²) in [6.45, 7) is 5.41. The number of hydrogen-bond acceptors (Lipinski definition) is 5. The molecule has 0 aromatic heterocycles. The van der Waals surface area contributed by atoms with Crippen molar-refractivity contribution in [2.45, 2.75) is 64.1 Å². The zero-order valence-corrected chi connectivity index (χ0v) is 18.9. The van der Waals surface area contributed by atoms with Gasteiger partial charge >= 0.3 is 0 Å². The van der Waals surface area contributed by atoms with Crippen LogP contribution in [0.2, 0.25) is 0 Å². The highest BCUT2D eigenvalue weighted by Gasteiger charge is 2.22. The number of nitrogens with two attached hydrogens (primary N) is 1. The number of nitrogens with zero attached hydrogens (tertiary/aromatic N) is 2. The molecule has 1 aromatic rings. The van der Waals surface area contributed by atoms with Gasteiger partial charge in [0.05, 0.1) is 26.3 Å². The Morgan fingerprint density at radius 2 is 1.97 bits per heavy atom. The molecule has 31 heavy (non-hydrogen) atoms. The van der Waals surface area contributed by atoms with Crippen LogP contribution in [-0.4, -0.2) is 62.2 Å². The zero-order chi connectivity index (χ0) is 22.1. The number of likely N-dealkylation sites (tertiary alicyclic amines) is 1. The highest BCUT2D eigenvalue weighted by atomic mass is 16.5. The number of hydrogen-bond donors (Lipinski definition) is 3. The molecule has 1 aliphatic heterocycles. The van der Waals surface area contributed by atoms with Crippen LogP contribution in [0.3, 0.4) is 0 Å². The number of amides is 1. The maximum absolute atomic E-state index is 11.1. The third kappa shape index (κ3) is 7.02. The Labute approximate surface area is 185 Å². The monoisotopic (exact) mass is 431 g/mol. The average Bonchev–Trinajstić information content (AvgIpc) is 3.27. The molecule has 0 spiro atoms. The second-order valence-electron chi connectivity index (χ2n) is 8.33. The van der Waals surface area contributed by atoms with E-state index in [0.717, 1.165) is 68.3 Å². The summed E-state index contributed by atoms with van der Waals surface area (Å²) in [5.41, 5.74) is 6.34. The van der Waals surface area contributed by atoms with Gasteiger partial charge in [-0.25, -0.2) is 4.99 Å². The van der Waals surface area contributed by atoms with Gasteiger partial charge in [0.2, 0.25) is 5.91 Å². The van der Waals surface area contributed by atoms with E-state index in [9.17, 15) is 4.79 Å². The summed E-state index contributed by atoms with van der Waals surface area (Å²) in [5, 5.41) is 6.89. The molecule has 8 nitrogen and oxygen atoms in total. The van der Waals surface area contributed by atoms with Crippen molar-refractivity contribution in [2.75, 3.05) is 33.3 Å². The number of para-hydroxylation sites is 1. The number of methoxy groups -OCH3 is 1. The Kier molecular flexibility index (Phi) is 8.82. The van der Waals surface area contributed by atoms with Crippen molar-refractivity contribution in [3.8, 4) is 11.5 Å². The summed E-state index contributed by atoms with van der Waals surface area (Å²) < 4.78 is 11.9. The molecule has 1 saturated heterocycles. The highest BCUT2D eigenvalue weighted by Crippen LogP contribution is 2.35. The van der Waals surface area contributed by atoms with E-state index in [1.807, 2.05) is 12.1 Å². The number of benzene rings is 1. The SMILES string of the molecule is CCNC(=NCc1cccc(OC)c1OC1CCCC1)NC1CCN(CC(N)=O)CC1. The van der Waals surface area contributed by atoms with Gasteiger partial charge in [-0.05, 0) is 51.5 Å². The van der Waals surface area contributed by atoms with Gasteiger partial charge < -0.3 is 25.8 Å². The Hall–Kier alpha value is -2.48. The number of aliphatic imine (C=N–C) groups is 1. The largest absolute Gasteiger partial charge is 0.493 e. The van der Waals surface area contributed by atoms with Crippen molar-refractivity contribution >= 4 is 11.9 Å². The molecule has 4 N–H and O–H groups in total. The van der Waals surface area contributed by atoms with Gasteiger partial charge in [-0.3, -0.25) is 9.69 Å². The fraction of sp³-hybridized carbons (Fsp3) is 0.652. The van der Waals surface area contributed by atoms with Crippen LogP contribution in [0.5, 0.6) is 11.5 Å². The van der Waals surface area contributed by atoms with Gasteiger partial charge in [0, 0.05) is 31.2 Å². The van der Waals surface area contributed by atoms with Crippen LogP contribution in [0.1, 0.15) is 51.0 Å². The molecule has 0 unspecified atom stereocenters. The molecule has 3 rings (SSSR count). The summed E-state index contributed by atoms with van der Waals surface area (Å²) in [6.07, 6.45) is 6.80. The molecular formula is C23H37N5O3. The van der Waals surface area contributed by atoms with E-state index < -0.39 is 0 Å². The number of ether oxygens (including phenoxy) is 2. The first-order valence-electron chi connectivity index (χ1n) is 11.5. The van der Waals surface area contributed by atoms with Crippen LogP contribution >= 0.6 is 0 Å². The van der Waals surface area contributed by atoms with Crippen molar-refractivity contribution in [2.24, 2.45) is 10.7 Å². The maximum Gasteiger partial charge on any atom is 0.231 e. The first-order valence-corrected chi connectivity index (χ1v) is 11.5. The number of carbonyl (C=O) groups excluding carboxylic acids is 1. The van der Waals surface area contributed by atoms with Crippen LogP contribution in [-0.2, 0) is 11.3 Å². The molecule has 1 heterocycles. The van der Waals surface area contributed by atoms with Crippen molar-refractivity contribution in [3.63, 3.8) is 0 Å². The van der Waals surface area contributed by atoms with Gasteiger partial charge in [-0.1, -0.05) is 12.1 Å². The van der Waals surface area contributed by atoms with E-state index in [1.54, 1.807) is 7.11 Å². The lowest BCUT2D eigenvalue weighted by atomic mass is 10.1. The van der Waals surface area contributed by atoms with Gasteiger partial charge in [-0.2, -0.15) is 0 Å². The smallest absolute Gasteiger partial charge is 0.231 e. The lowest BCUT2D eigenvalue weighted by Gasteiger charge is -2.32. The number of piperidine rings is 1. The fourth-order valence-electron chi connectivity index (χ4n) is 4.29. The van der Waals surface area contributed by atoms with E-state index in [-0.39, 0.29) is 12.0 Å². The number of guanidine groups is 1. The van der Waals surface area contributed by atoms with Crippen LogP contribution in [0.4, 0.5) is 0 Å². The minimum Gasteiger partial charge on any atom is -0.493 e. The summed E-state index contributed by atoms with van der Waals surface area (Å²) >= 11 is 0. The Morgan fingerprint density at radius 3 is 2.61 bits per heavy atom. The highest BCUT2D eigenvalue weighted by molar-refractivity contribution is 5.80. The molecule has 1 aromatic carbocycles. The number of carbonyl (C=O) groups is 1. The van der Waals surface area contributed by atoms with Crippen molar-refractivity contribution in [1.82, 2.24) is 15.5 Å². The second kappa shape index (κ2) is 11.8. The predicted molar refractivity (Wildman–Crippen MR) is 122 cm³/mol. The van der Waals surface area contributed by atoms with Crippen LogP contribution in [0.25, 0.3) is 0 Å². The average molecular weight is 432 g/mol. The van der Waals surface area contributed by atoms with E-state index in [2.05, 4.69) is 28.5 Å². The van der Waals surface area contributed by atoms with Gasteiger partial charge in [0.25, 0.3) is 0 Å². The van der Waals surface area contributed by atoms with Crippen LogP contribution in [0, 0.1) is 0 Å². The zero-order valence-electron chi connectivity index (χ0n) is 18.9. The van der Waals surface area contributed by atoms with Crippen LogP contribution in [0.15, 0.2) is 23.2 Å². The summed E-state index contributed by atoms with van der Waals surface area (Å²) in [6, 6.07) is 6.31. The lowest BCUT2D eigenvalue weighted by molar-refractivity contribution is -0.119. The Bertz CT molecular complexity index is 741. The quantitative estimate of drug-likeness (QED) is 0.409. The van der Waals surface area contributed by atoms with Crippen molar-refractivity contribution < 1.29 is 14.3 Å². The Balaban J connectivity index is 1.64. The van der Waals surface area contributed by atoms with Crippen LogP contribution < -0.4 is 25.8 Å². The Morgan fingerprint density at radius 1 is 1.23 bits per heavy atom. The first kappa shape index (κ1) is 23.2. The van der Waals surface area contributed by atoms with Crippen molar-refractivity contribution in [3.05, 3.63) is 23.8 Å². The number of rotatable bonds is 9. The topological polar surface area (TPSA) is 101 Å². The number of primary amides is 1. The second-order valence-corrected chi connectivity index (χ2v) is 8.33. The lowest BCUT2D eigenvalue weighted by Crippen LogP contribution is -2.49. The third-order valence-electron chi connectivity index (χ3n) is 5.93. The molecule has 2 aliphatic rings. The van der Waals surface area contributed by atoms with E-state index in [0.29, 0.717) is 19.1 Å². The minimum atomic E-state index is -0.268. The molecule has 1 amide bonds.